The van der Waals surface area contributed by atoms with Gasteiger partial charge in [0.1, 0.15) is 10.0 Å². The maximum atomic E-state index is 11.9. The first-order valence-electron chi connectivity index (χ1n) is 4.74. The Bertz CT molecular complexity index is 568. The molecule has 2 aromatic rings. The molecule has 0 radical (unpaired) electrons. The van der Waals surface area contributed by atoms with Gasteiger partial charge in [-0.25, -0.2) is 4.98 Å². The van der Waals surface area contributed by atoms with Crippen LogP contribution in [-0.4, -0.2) is 10.9 Å². The topological polar surface area (TPSA) is 42.0 Å². The first-order valence-corrected chi connectivity index (χ1v) is 6.38. The lowest BCUT2D eigenvalue weighted by atomic mass is 10.3. The van der Waals surface area contributed by atoms with Crippen molar-refractivity contribution in [2.75, 3.05) is 5.32 Å². The Balaban J connectivity index is 2.20. The summed E-state index contributed by atoms with van der Waals surface area (Å²) in [5, 5.41) is 5.38. The van der Waals surface area contributed by atoms with Gasteiger partial charge in [-0.1, -0.05) is 23.2 Å². The Labute approximate surface area is 112 Å². The van der Waals surface area contributed by atoms with Gasteiger partial charge in [-0.15, -0.1) is 11.3 Å². The number of halogens is 2. The highest BCUT2D eigenvalue weighted by Gasteiger charge is 2.14. The molecule has 0 aliphatic carbocycles. The zero-order valence-corrected chi connectivity index (χ0v) is 11.2. The number of nitrogens with zero attached hydrogens (tertiary/aromatic N) is 1. The molecule has 2 rings (SSSR count). The minimum atomic E-state index is -0.240. The number of hydrogen-bond donors (Lipinski definition) is 1. The molecule has 0 spiro atoms. The number of amides is 1. The Morgan fingerprint density at radius 1 is 1.47 bits per heavy atom. The van der Waals surface area contributed by atoms with Gasteiger partial charge in [0, 0.05) is 11.9 Å². The summed E-state index contributed by atoms with van der Waals surface area (Å²) in [5.74, 6) is -0.240. The molecule has 0 aliphatic rings. The highest BCUT2D eigenvalue weighted by molar-refractivity contribution is 7.13. The van der Waals surface area contributed by atoms with E-state index >= 15 is 0 Å². The second-order valence-corrected chi connectivity index (χ2v) is 5.03. The average Bonchev–Trinajstić information content (AvgIpc) is 2.60. The molecular weight excluding hydrogens is 279 g/mol. The van der Waals surface area contributed by atoms with Gasteiger partial charge in [0.2, 0.25) is 0 Å². The summed E-state index contributed by atoms with van der Waals surface area (Å²) in [4.78, 5) is 16.2. The molecular formula is C11H8Cl2N2OS. The third-order valence-corrected chi connectivity index (χ3v) is 3.99. The lowest BCUT2D eigenvalue weighted by Gasteiger charge is -2.03. The van der Waals surface area contributed by atoms with E-state index in [0.29, 0.717) is 20.7 Å². The normalized spacial score (nSPS) is 10.3. The quantitative estimate of drug-likeness (QED) is 0.848. The number of rotatable bonds is 2. The summed E-state index contributed by atoms with van der Waals surface area (Å²) in [6, 6.07) is 3.24. The van der Waals surface area contributed by atoms with Crippen molar-refractivity contribution in [3.8, 4) is 0 Å². The molecule has 0 fully saturated rings. The standard InChI is InChI=1S/C11H8Cl2N2OS/c1-6-5-17-10(9(6)13)11(16)15-7-2-3-14-8(12)4-7/h2-5H,1H3,(H,14,15,16). The molecule has 88 valence electrons. The number of carbonyl (C=O) groups excluding carboxylic acids is 1. The van der Waals surface area contributed by atoms with E-state index in [9.17, 15) is 4.79 Å². The van der Waals surface area contributed by atoms with Crippen molar-refractivity contribution >= 4 is 46.1 Å². The molecule has 0 aromatic carbocycles. The third kappa shape index (κ3) is 2.77. The molecule has 2 aromatic heterocycles. The number of hydrogen-bond acceptors (Lipinski definition) is 3. The maximum absolute atomic E-state index is 11.9. The van der Waals surface area contributed by atoms with Crippen molar-refractivity contribution in [3.05, 3.63) is 44.3 Å². The smallest absolute Gasteiger partial charge is 0.267 e. The summed E-state index contributed by atoms with van der Waals surface area (Å²) in [6.45, 7) is 1.86. The predicted molar refractivity (Wildman–Crippen MR) is 71.3 cm³/mol. The first kappa shape index (κ1) is 12.4. The van der Waals surface area contributed by atoms with Crippen molar-refractivity contribution in [2.24, 2.45) is 0 Å². The molecule has 0 atom stereocenters. The monoisotopic (exact) mass is 286 g/mol. The van der Waals surface area contributed by atoms with Gasteiger partial charge >= 0.3 is 0 Å². The number of anilines is 1. The Morgan fingerprint density at radius 3 is 2.82 bits per heavy atom. The summed E-state index contributed by atoms with van der Waals surface area (Å²) in [5.41, 5.74) is 1.49. The zero-order valence-electron chi connectivity index (χ0n) is 8.83. The minimum Gasteiger partial charge on any atom is -0.321 e. The summed E-state index contributed by atoms with van der Waals surface area (Å²) in [6.07, 6.45) is 1.53. The van der Waals surface area contributed by atoms with Crippen LogP contribution in [0, 0.1) is 6.92 Å². The van der Waals surface area contributed by atoms with E-state index in [0.717, 1.165) is 5.56 Å². The van der Waals surface area contributed by atoms with Crippen molar-refractivity contribution < 1.29 is 4.79 Å². The lowest BCUT2D eigenvalue weighted by Crippen LogP contribution is -2.10. The van der Waals surface area contributed by atoms with E-state index in [4.69, 9.17) is 23.2 Å². The van der Waals surface area contributed by atoms with Gasteiger partial charge in [0.05, 0.1) is 5.02 Å². The number of aryl methyl sites for hydroxylation is 1. The molecule has 0 unspecified atom stereocenters. The van der Waals surface area contributed by atoms with Crippen LogP contribution in [0.25, 0.3) is 0 Å². The first-order chi connectivity index (χ1) is 8.08. The lowest BCUT2D eigenvalue weighted by molar-refractivity contribution is 0.103. The van der Waals surface area contributed by atoms with E-state index in [1.54, 1.807) is 12.1 Å². The summed E-state index contributed by atoms with van der Waals surface area (Å²) in [7, 11) is 0. The molecule has 3 nitrogen and oxygen atoms in total. The zero-order chi connectivity index (χ0) is 12.4. The van der Waals surface area contributed by atoms with Crippen LogP contribution < -0.4 is 5.32 Å². The molecule has 2 heterocycles. The van der Waals surface area contributed by atoms with Crippen LogP contribution in [-0.2, 0) is 0 Å². The van der Waals surface area contributed by atoms with Crippen LogP contribution in [0.2, 0.25) is 10.2 Å². The van der Waals surface area contributed by atoms with Crippen LogP contribution in [0.15, 0.2) is 23.7 Å². The summed E-state index contributed by atoms with van der Waals surface area (Å²) >= 11 is 13.1. The molecule has 1 N–H and O–H groups in total. The van der Waals surface area contributed by atoms with Crippen molar-refractivity contribution in [1.29, 1.82) is 0 Å². The van der Waals surface area contributed by atoms with Crippen molar-refractivity contribution in [1.82, 2.24) is 4.98 Å². The van der Waals surface area contributed by atoms with Crippen LogP contribution in [0.3, 0.4) is 0 Å². The van der Waals surface area contributed by atoms with Gasteiger partial charge in [0.25, 0.3) is 5.91 Å². The van der Waals surface area contributed by atoms with E-state index in [2.05, 4.69) is 10.3 Å². The Morgan fingerprint density at radius 2 is 2.24 bits per heavy atom. The minimum absolute atomic E-state index is 0.240. The molecule has 0 saturated heterocycles. The van der Waals surface area contributed by atoms with Gasteiger partial charge in [-0.2, -0.15) is 0 Å². The van der Waals surface area contributed by atoms with Gasteiger partial charge in [-0.05, 0) is 30.0 Å². The molecule has 6 heteroatoms. The third-order valence-electron chi connectivity index (χ3n) is 2.09. The SMILES string of the molecule is Cc1csc(C(=O)Nc2ccnc(Cl)c2)c1Cl. The average molecular weight is 287 g/mol. The highest BCUT2D eigenvalue weighted by Crippen LogP contribution is 2.27. The highest BCUT2D eigenvalue weighted by atomic mass is 35.5. The molecule has 0 bridgehead atoms. The molecule has 1 amide bonds. The van der Waals surface area contributed by atoms with E-state index in [1.165, 1.54) is 17.5 Å². The van der Waals surface area contributed by atoms with E-state index in [-0.39, 0.29) is 5.91 Å². The number of thiophene rings is 1. The Kier molecular flexibility index (Phi) is 3.66. The second-order valence-electron chi connectivity index (χ2n) is 3.38. The van der Waals surface area contributed by atoms with Gasteiger partial charge < -0.3 is 5.32 Å². The van der Waals surface area contributed by atoms with Gasteiger partial charge in [0.15, 0.2) is 0 Å². The molecule has 0 saturated carbocycles. The maximum Gasteiger partial charge on any atom is 0.267 e. The van der Waals surface area contributed by atoms with Crippen molar-refractivity contribution in [2.45, 2.75) is 6.92 Å². The number of carbonyl (C=O) groups is 1. The fourth-order valence-electron chi connectivity index (χ4n) is 1.25. The molecule has 0 aliphatic heterocycles. The van der Waals surface area contributed by atoms with E-state index < -0.39 is 0 Å². The van der Waals surface area contributed by atoms with Crippen molar-refractivity contribution in [3.63, 3.8) is 0 Å². The fraction of sp³-hybridized carbons (Fsp3) is 0.0909. The summed E-state index contributed by atoms with van der Waals surface area (Å²) < 4.78 is 0. The largest absolute Gasteiger partial charge is 0.321 e. The number of aromatic nitrogens is 1. The Hall–Kier alpha value is -1.10. The number of pyridine rings is 1. The van der Waals surface area contributed by atoms with Crippen LogP contribution in [0.5, 0.6) is 0 Å². The van der Waals surface area contributed by atoms with Crippen LogP contribution in [0.1, 0.15) is 15.2 Å². The number of nitrogens with one attached hydrogen (secondary N) is 1. The molecule has 17 heavy (non-hydrogen) atoms. The fourth-order valence-corrected chi connectivity index (χ4v) is 2.60. The van der Waals surface area contributed by atoms with Crippen LogP contribution >= 0.6 is 34.5 Å². The predicted octanol–water partition coefficient (Wildman–Crippen LogP) is 4.01. The van der Waals surface area contributed by atoms with E-state index in [1.807, 2.05) is 12.3 Å². The second kappa shape index (κ2) is 5.04. The van der Waals surface area contributed by atoms with Gasteiger partial charge in [-0.3, -0.25) is 4.79 Å². The van der Waals surface area contributed by atoms with Crippen LogP contribution in [0.4, 0.5) is 5.69 Å².